The van der Waals surface area contributed by atoms with E-state index in [9.17, 15) is 0 Å². The second-order valence-corrected chi connectivity index (χ2v) is 3.34. The molecular weight excluding hydrogens is 146 g/mol. The lowest BCUT2D eigenvalue weighted by Gasteiger charge is -2.07. The lowest BCUT2D eigenvalue weighted by Crippen LogP contribution is -2.05. The fraction of sp³-hybridized carbons (Fsp3) is 0.364. The van der Waals surface area contributed by atoms with Gasteiger partial charge in [0.2, 0.25) is 0 Å². The lowest BCUT2D eigenvalue weighted by molar-refractivity contribution is 0.638. The van der Waals surface area contributed by atoms with E-state index in [1.54, 1.807) is 0 Å². The molecule has 1 heterocycles. The molecule has 0 aromatic heterocycles. The molecule has 1 N–H and O–H groups in total. The van der Waals surface area contributed by atoms with E-state index in [4.69, 9.17) is 0 Å². The monoisotopic (exact) mass is 162 g/mol. The summed E-state index contributed by atoms with van der Waals surface area (Å²) in [7, 11) is 0. The van der Waals surface area contributed by atoms with Crippen molar-refractivity contribution in [3.8, 4) is 0 Å². The molecule has 0 saturated carbocycles. The molecule has 1 nitrogen and oxygen atoms in total. The second-order valence-electron chi connectivity index (χ2n) is 3.34. The van der Waals surface area contributed by atoms with Crippen LogP contribution in [-0.4, -0.2) is 0 Å². The predicted octanol–water partition coefficient (Wildman–Crippen LogP) is 2.79. The second kappa shape index (κ2) is 4.81. The highest BCUT2D eigenvalue weighted by Crippen LogP contribution is 2.09. The van der Waals surface area contributed by atoms with Crippen LogP contribution in [0, 0.1) is 12.3 Å². The van der Waals surface area contributed by atoms with Crippen LogP contribution in [0.5, 0.6) is 0 Å². The van der Waals surface area contributed by atoms with Gasteiger partial charge in [-0.3, -0.25) is 0 Å². The fourth-order valence-electron chi connectivity index (χ4n) is 0.961. The molecule has 1 rings (SSSR count). The van der Waals surface area contributed by atoms with E-state index in [1.807, 2.05) is 24.4 Å². The van der Waals surface area contributed by atoms with E-state index >= 15 is 0 Å². The summed E-state index contributed by atoms with van der Waals surface area (Å²) in [6.45, 7) is 4.44. The first-order chi connectivity index (χ1) is 5.79. The Hall–Kier alpha value is -0.980. The minimum atomic E-state index is 0.726. The molecule has 0 aliphatic carbocycles. The van der Waals surface area contributed by atoms with Crippen LogP contribution in [0.15, 0.2) is 36.2 Å². The lowest BCUT2D eigenvalue weighted by atomic mass is 10.1. The first-order valence-corrected chi connectivity index (χ1v) is 4.42. The molecule has 0 amide bonds. The number of hydrogen-bond acceptors (Lipinski definition) is 1. The number of allylic oxidation sites excluding steroid dienone is 5. The molecule has 0 bridgehead atoms. The van der Waals surface area contributed by atoms with Gasteiger partial charge in [0.1, 0.15) is 0 Å². The van der Waals surface area contributed by atoms with E-state index in [0.717, 1.165) is 12.3 Å². The molecule has 1 heteroatoms. The van der Waals surface area contributed by atoms with Crippen molar-refractivity contribution in [2.45, 2.75) is 20.3 Å². The van der Waals surface area contributed by atoms with Crippen molar-refractivity contribution in [3.63, 3.8) is 0 Å². The minimum absolute atomic E-state index is 0.726. The van der Waals surface area contributed by atoms with Gasteiger partial charge in [-0.2, -0.15) is 0 Å². The van der Waals surface area contributed by atoms with Gasteiger partial charge >= 0.3 is 0 Å². The molecule has 0 fully saturated rings. The summed E-state index contributed by atoms with van der Waals surface area (Å²) in [6, 6.07) is 0. The van der Waals surface area contributed by atoms with Crippen LogP contribution in [0.4, 0.5) is 0 Å². The first-order valence-electron chi connectivity index (χ1n) is 4.42. The van der Waals surface area contributed by atoms with Crippen molar-refractivity contribution in [2.24, 2.45) is 5.92 Å². The third-order valence-electron chi connectivity index (χ3n) is 1.65. The van der Waals surface area contributed by atoms with Gasteiger partial charge in [0, 0.05) is 18.3 Å². The maximum atomic E-state index is 3.20. The Kier molecular flexibility index (Phi) is 3.65. The first kappa shape index (κ1) is 9.11. The van der Waals surface area contributed by atoms with E-state index in [0.29, 0.717) is 0 Å². The average Bonchev–Trinajstić information content (AvgIpc) is 2.28. The fourth-order valence-corrected chi connectivity index (χ4v) is 0.961. The average molecular weight is 162 g/mol. The molecule has 12 heavy (non-hydrogen) atoms. The van der Waals surface area contributed by atoms with Crippen LogP contribution in [-0.2, 0) is 0 Å². The normalized spacial score (nSPS) is 15.8. The van der Waals surface area contributed by atoms with E-state index in [-0.39, 0.29) is 0 Å². The van der Waals surface area contributed by atoms with Crippen molar-refractivity contribution in [3.05, 3.63) is 42.6 Å². The smallest absolute Gasteiger partial charge is 0.0184 e. The summed E-state index contributed by atoms with van der Waals surface area (Å²) in [4.78, 5) is 0. The molecule has 0 unspecified atom stereocenters. The zero-order valence-corrected chi connectivity index (χ0v) is 7.75. The van der Waals surface area contributed by atoms with Gasteiger partial charge in [-0.25, -0.2) is 0 Å². The van der Waals surface area contributed by atoms with Crippen molar-refractivity contribution < 1.29 is 0 Å². The number of rotatable bonds is 3. The summed E-state index contributed by atoms with van der Waals surface area (Å²) in [5, 5.41) is 3.20. The van der Waals surface area contributed by atoms with Crippen LogP contribution in [0.3, 0.4) is 0 Å². The van der Waals surface area contributed by atoms with Gasteiger partial charge in [0.05, 0.1) is 0 Å². The zero-order chi connectivity index (χ0) is 8.81. The molecule has 0 spiro atoms. The van der Waals surface area contributed by atoms with Gasteiger partial charge in [0.15, 0.2) is 0 Å². The molecule has 1 aliphatic rings. The molecule has 1 aliphatic heterocycles. The number of hydrogen-bond donors (Lipinski definition) is 1. The molecule has 0 saturated heterocycles. The summed E-state index contributed by atoms with van der Waals surface area (Å²) in [5.74, 6) is 0.726. The highest BCUT2D eigenvalue weighted by Gasteiger charge is 1.98. The molecule has 65 valence electrons. The standard InChI is InChI=1S/C11H16N/c1-10(2)7-8-11-6-4-3-5-9-12-11/h3-6,8-10,12H,7H2,1-2H3. The predicted molar refractivity (Wildman–Crippen MR) is 53.3 cm³/mol. The van der Waals surface area contributed by atoms with Crippen molar-refractivity contribution in [2.75, 3.05) is 0 Å². The molecular formula is C11H16N. The Labute approximate surface area is 74.9 Å². The van der Waals surface area contributed by atoms with Crippen LogP contribution < -0.4 is 5.32 Å². The van der Waals surface area contributed by atoms with Crippen LogP contribution >= 0.6 is 0 Å². The topological polar surface area (TPSA) is 12.0 Å². The summed E-state index contributed by atoms with van der Waals surface area (Å²) < 4.78 is 0. The van der Waals surface area contributed by atoms with Gasteiger partial charge in [-0.1, -0.05) is 26.0 Å². The van der Waals surface area contributed by atoms with Crippen molar-refractivity contribution in [1.82, 2.24) is 5.32 Å². The molecule has 0 aromatic rings. The minimum Gasteiger partial charge on any atom is -0.365 e. The van der Waals surface area contributed by atoms with Crippen LogP contribution in [0.25, 0.3) is 0 Å². The highest BCUT2D eigenvalue weighted by atomic mass is 14.8. The van der Waals surface area contributed by atoms with Crippen molar-refractivity contribution >= 4 is 0 Å². The van der Waals surface area contributed by atoms with Gasteiger partial charge in [-0.15, -0.1) is 0 Å². The maximum absolute atomic E-state index is 3.20. The Bertz CT molecular complexity index is 209. The Morgan fingerprint density at radius 1 is 1.33 bits per heavy atom. The van der Waals surface area contributed by atoms with Gasteiger partial charge in [-0.05, 0) is 24.5 Å². The Morgan fingerprint density at radius 3 is 2.92 bits per heavy atom. The largest absolute Gasteiger partial charge is 0.365 e. The number of nitrogens with one attached hydrogen (secondary N) is 1. The SMILES string of the molecule is CC(C)C[CH]C1=CC=CC=CN1. The summed E-state index contributed by atoms with van der Waals surface area (Å²) >= 11 is 0. The van der Waals surface area contributed by atoms with E-state index in [1.165, 1.54) is 5.70 Å². The van der Waals surface area contributed by atoms with Crippen LogP contribution in [0.2, 0.25) is 0 Å². The third-order valence-corrected chi connectivity index (χ3v) is 1.65. The quantitative estimate of drug-likeness (QED) is 0.673. The summed E-state index contributed by atoms with van der Waals surface area (Å²) in [5.41, 5.74) is 1.19. The third kappa shape index (κ3) is 3.42. The Morgan fingerprint density at radius 2 is 2.17 bits per heavy atom. The van der Waals surface area contributed by atoms with Crippen LogP contribution in [0.1, 0.15) is 20.3 Å². The van der Waals surface area contributed by atoms with Gasteiger partial charge in [0.25, 0.3) is 0 Å². The summed E-state index contributed by atoms with van der Waals surface area (Å²) in [6.07, 6.45) is 13.4. The van der Waals surface area contributed by atoms with E-state index < -0.39 is 0 Å². The highest BCUT2D eigenvalue weighted by molar-refractivity contribution is 5.25. The maximum Gasteiger partial charge on any atom is 0.0184 e. The molecule has 0 atom stereocenters. The zero-order valence-electron chi connectivity index (χ0n) is 7.75. The molecule has 0 aromatic carbocycles. The Balaban J connectivity index is 2.36. The van der Waals surface area contributed by atoms with Gasteiger partial charge < -0.3 is 5.32 Å². The van der Waals surface area contributed by atoms with E-state index in [2.05, 4.69) is 31.7 Å². The molecule has 1 radical (unpaired) electrons. The van der Waals surface area contributed by atoms with Crippen molar-refractivity contribution in [1.29, 1.82) is 0 Å².